The van der Waals surface area contributed by atoms with Gasteiger partial charge in [-0.1, -0.05) is 20.4 Å². The summed E-state index contributed by atoms with van der Waals surface area (Å²) in [5.74, 6) is -1.01. The van der Waals surface area contributed by atoms with Crippen molar-refractivity contribution < 1.29 is 17.8 Å². The molecule has 0 aliphatic rings. The first kappa shape index (κ1) is 16.5. The Balaban J connectivity index is 0. The Morgan fingerprint density at radius 3 is 2.13 bits per heavy atom. The normalized spacial score (nSPS) is 11.0. The minimum Gasteiger partial charge on any atom is -0.347 e. The lowest BCUT2D eigenvalue weighted by Gasteiger charge is -2.23. The molecule has 0 aromatic heterocycles. The third-order valence-corrected chi connectivity index (χ3v) is 2.28. The molecule has 1 amide bonds. The first-order valence-electron chi connectivity index (χ1n) is 4.56. The maximum absolute atomic E-state index is 10.8. The van der Waals surface area contributed by atoms with E-state index in [2.05, 4.69) is 11.9 Å². The van der Waals surface area contributed by atoms with Crippen LogP contribution in [-0.4, -0.2) is 30.2 Å². The fraction of sp³-hybridized carbons (Fsp3) is 0.667. The molecule has 0 saturated carbocycles. The van der Waals surface area contributed by atoms with Crippen molar-refractivity contribution in [3.63, 3.8) is 0 Å². The SMILES string of the molecule is C=CC(=O)NC(C)(C)CS(=O)(=O)O.CC. The predicted octanol–water partition coefficient (Wildman–Crippen LogP) is 0.981. The van der Waals surface area contributed by atoms with Crippen LogP contribution in [0.15, 0.2) is 12.7 Å². The van der Waals surface area contributed by atoms with Gasteiger partial charge in [0.2, 0.25) is 5.91 Å². The standard InChI is InChI=1S/C7H13NO4S.C2H6/c1-4-6(9)8-7(2,3)5-13(10,11)12;1-2/h4H,1,5H2,2-3H3,(H,8,9)(H,10,11,12);1-2H3. The Bertz CT molecular complexity index is 306. The molecule has 90 valence electrons. The number of nitrogens with one attached hydrogen (secondary N) is 1. The zero-order valence-corrected chi connectivity index (χ0v) is 10.4. The maximum atomic E-state index is 10.8. The van der Waals surface area contributed by atoms with Crippen molar-refractivity contribution >= 4 is 16.0 Å². The molecular weight excluding hydrogens is 218 g/mol. The summed E-state index contributed by atoms with van der Waals surface area (Å²) in [6, 6.07) is 0. The highest BCUT2D eigenvalue weighted by Gasteiger charge is 2.25. The van der Waals surface area contributed by atoms with Crippen LogP contribution in [0, 0.1) is 0 Å². The molecule has 0 aromatic rings. The Morgan fingerprint density at radius 1 is 1.47 bits per heavy atom. The molecule has 0 unspecified atom stereocenters. The van der Waals surface area contributed by atoms with Crippen molar-refractivity contribution in [3.8, 4) is 0 Å². The molecule has 0 spiro atoms. The summed E-state index contributed by atoms with van der Waals surface area (Å²) in [6.07, 6.45) is 1.03. The molecule has 6 heteroatoms. The van der Waals surface area contributed by atoms with Crippen LogP contribution in [0.1, 0.15) is 27.7 Å². The van der Waals surface area contributed by atoms with Gasteiger partial charge in [-0.3, -0.25) is 9.35 Å². The Morgan fingerprint density at radius 2 is 1.87 bits per heavy atom. The van der Waals surface area contributed by atoms with Crippen molar-refractivity contribution in [2.45, 2.75) is 33.2 Å². The van der Waals surface area contributed by atoms with Gasteiger partial charge in [0.25, 0.3) is 10.1 Å². The molecular formula is C9H19NO4S. The van der Waals surface area contributed by atoms with Gasteiger partial charge in [0.05, 0.1) is 11.3 Å². The Hall–Kier alpha value is -0.880. The zero-order valence-electron chi connectivity index (χ0n) is 9.57. The highest BCUT2D eigenvalue weighted by Crippen LogP contribution is 2.05. The van der Waals surface area contributed by atoms with Crippen LogP contribution < -0.4 is 5.32 Å². The second-order valence-electron chi connectivity index (χ2n) is 3.30. The predicted molar refractivity (Wildman–Crippen MR) is 60.2 cm³/mol. The molecule has 0 heterocycles. The molecule has 0 aromatic carbocycles. The van der Waals surface area contributed by atoms with Gasteiger partial charge in [0.1, 0.15) is 0 Å². The van der Waals surface area contributed by atoms with Crippen molar-refractivity contribution in [1.82, 2.24) is 5.32 Å². The lowest BCUT2D eigenvalue weighted by molar-refractivity contribution is -0.117. The first-order chi connectivity index (χ1) is 6.66. The van der Waals surface area contributed by atoms with E-state index >= 15 is 0 Å². The average molecular weight is 237 g/mol. The van der Waals surface area contributed by atoms with Gasteiger partial charge in [-0.05, 0) is 19.9 Å². The Kier molecular flexibility index (Phi) is 7.25. The summed E-state index contributed by atoms with van der Waals surface area (Å²) in [5, 5.41) is 2.37. The van der Waals surface area contributed by atoms with E-state index in [1.807, 2.05) is 13.8 Å². The molecule has 0 radical (unpaired) electrons. The van der Waals surface area contributed by atoms with Crippen molar-refractivity contribution in [2.24, 2.45) is 0 Å². The summed E-state index contributed by atoms with van der Waals surface area (Å²) in [4.78, 5) is 10.8. The van der Waals surface area contributed by atoms with E-state index in [4.69, 9.17) is 4.55 Å². The molecule has 0 fully saturated rings. The molecule has 5 nitrogen and oxygen atoms in total. The van der Waals surface area contributed by atoms with Gasteiger partial charge in [-0.15, -0.1) is 0 Å². The van der Waals surface area contributed by atoms with Gasteiger partial charge in [-0.25, -0.2) is 0 Å². The van der Waals surface area contributed by atoms with Gasteiger partial charge >= 0.3 is 0 Å². The minimum atomic E-state index is -4.08. The van der Waals surface area contributed by atoms with Crippen molar-refractivity contribution in [3.05, 3.63) is 12.7 Å². The molecule has 0 aliphatic carbocycles. The smallest absolute Gasteiger partial charge is 0.267 e. The lowest BCUT2D eigenvalue weighted by atomic mass is 10.1. The summed E-state index contributed by atoms with van der Waals surface area (Å²) in [7, 11) is -4.08. The van der Waals surface area contributed by atoms with Gasteiger partial charge in [0, 0.05) is 0 Å². The van der Waals surface area contributed by atoms with Crippen LogP contribution in [0.5, 0.6) is 0 Å². The number of rotatable bonds is 4. The van der Waals surface area contributed by atoms with Crippen LogP contribution in [0.25, 0.3) is 0 Å². The molecule has 2 N–H and O–H groups in total. The monoisotopic (exact) mass is 237 g/mol. The minimum absolute atomic E-state index is 0.478. The van der Waals surface area contributed by atoms with Crippen LogP contribution in [0.4, 0.5) is 0 Å². The molecule has 0 aliphatic heterocycles. The summed E-state index contributed by atoms with van der Waals surface area (Å²) in [6.45, 7) is 10.2. The van der Waals surface area contributed by atoms with Gasteiger partial charge in [-0.2, -0.15) is 8.42 Å². The van der Waals surface area contributed by atoms with Crippen molar-refractivity contribution in [1.29, 1.82) is 0 Å². The van der Waals surface area contributed by atoms with E-state index in [0.29, 0.717) is 0 Å². The third-order valence-electron chi connectivity index (χ3n) is 1.19. The molecule has 0 atom stereocenters. The zero-order chi connectivity index (χ0) is 12.7. The molecule has 0 rings (SSSR count). The molecule has 0 bridgehead atoms. The van der Waals surface area contributed by atoms with E-state index in [1.165, 1.54) is 13.8 Å². The average Bonchev–Trinajstić information content (AvgIpc) is 2.02. The van der Waals surface area contributed by atoms with Crippen LogP contribution in [0.2, 0.25) is 0 Å². The van der Waals surface area contributed by atoms with Crippen LogP contribution in [0.3, 0.4) is 0 Å². The quantitative estimate of drug-likeness (QED) is 0.564. The van der Waals surface area contributed by atoms with E-state index in [9.17, 15) is 13.2 Å². The maximum Gasteiger partial charge on any atom is 0.267 e. The Labute approximate surface area is 91.3 Å². The van der Waals surface area contributed by atoms with E-state index in [-0.39, 0.29) is 0 Å². The number of hydrogen-bond donors (Lipinski definition) is 2. The van der Waals surface area contributed by atoms with E-state index < -0.39 is 27.3 Å². The fourth-order valence-corrected chi connectivity index (χ4v) is 1.86. The summed E-state index contributed by atoms with van der Waals surface area (Å²) in [5.41, 5.74) is -1.00. The summed E-state index contributed by atoms with van der Waals surface area (Å²) >= 11 is 0. The van der Waals surface area contributed by atoms with Gasteiger partial charge in [0.15, 0.2) is 0 Å². The van der Waals surface area contributed by atoms with E-state index in [0.717, 1.165) is 6.08 Å². The number of amides is 1. The third kappa shape index (κ3) is 11.0. The first-order valence-corrected chi connectivity index (χ1v) is 6.17. The van der Waals surface area contributed by atoms with E-state index in [1.54, 1.807) is 0 Å². The van der Waals surface area contributed by atoms with Crippen LogP contribution >= 0.6 is 0 Å². The number of carbonyl (C=O) groups is 1. The molecule has 15 heavy (non-hydrogen) atoms. The number of carbonyl (C=O) groups excluding carboxylic acids is 1. The topological polar surface area (TPSA) is 83.5 Å². The highest BCUT2D eigenvalue weighted by molar-refractivity contribution is 7.85. The second kappa shape index (κ2) is 6.58. The van der Waals surface area contributed by atoms with Crippen molar-refractivity contribution in [2.75, 3.05) is 5.75 Å². The highest BCUT2D eigenvalue weighted by atomic mass is 32.2. The largest absolute Gasteiger partial charge is 0.347 e. The van der Waals surface area contributed by atoms with Crippen LogP contribution in [-0.2, 0) is 14.9 Å². The summed E-state index contributed by atoms with van der Waals surface area (Å²) < 4.78 is 29.5. The molecule has 0 saturated heterocycles. The fourth-order valence-electron chi connectivity index (χ4n) is 0.877. The lowest BCUT2D eigenvalue weighted by Crippen LogP contribution is -2.47. The van der Waals surface area contributed by atoms with Gasteiger partial charge < -0.3 is 5.32 Å². The second-order valence-corrected chi connectivity index (χ2v) is 4.76. The number of hydrogen-bond acceptors (Lipinski definition) is 3.